The fraction of sp³-hybridized carbons (Fsp3) is 1.00. The van der Waals surface area contributed by atoms with E-state index in [0.29, 0.717) is 0 Å². The van der Waals surface area contributed by atoms with Gasteiger partial charge in [0, 0.05) is 5.25 Å². The predicted octanol–water partition coefficient (Wildman–Crippen LogP) is 3.69. The van der Waals surface area contributed by atoms with Crippen molar-refractivity contribution >= 4 is 11.8 Å². The Morgan fingerprint density at radius 1 is 1.27 bits per heavy atom. The van der Waals surface area contributed by atoms with Crippen molar-refractivity contribution in [3.8, 4) is 0 Å². The normalized spacial score (nSPS) is 26.8. The summed E-state index contributed by atoms with van der Waals surface area (Å²) < 4.78 is 0. The molecule has 90 valence electrons. The molecule has 1 rings (SSSR count). The summed E-state index contributed by atoms with van der Waals surface area (Å²) >= 11 is 2.22. The molecule has 2 heteroatoms. The lowest BCUT2D eigenvalue weighted by molar-refractivity contribution is 0.394. The van der Waals surface area contributed by atoms with Crippen LogP contribution in [0.5, 0.6) is 0 Å². The molecular formula is C13H27NS. The van der Waals surface area contributed by atoms with Crippen LogP contribution in [0.4, 0.5) is 0 Å². The third-order valence-corrected chi connectivity index (χ3v) is 4.59. The maximum atomic E-state index is 3.47. The van der Waals surface area contributed by atoms with Gasteiger partial charge in [0.2, 0.25) is 0 Å². The van der Waals surface area contributed by atoms with Crippen LogP contribution in [0, 0.1) is 5.92 Å². The molecule has 0 bridgehead atoms. The van der Waals surface area contributed by atoms with Crippen LogP contribution in [0.15, 0.2) is 0 Å². The second-order valence-corrected chi connectivity index (χ2v) is 6.28. The first-order chi connectivity index (χ1) is 7.33. The van der Waals surface area contributed by atoms with Crippen LogP contribution >= 0.6 is 11.8 Å². The van der Waals surface area contributed by atoms with E-state index in [0.717, 1.165) is 11.2 Å². The number of hydrogen-bond acceptors (Lipinski definition) is 2. The van der Waals surface area contributed by atoms with E-state index >= 15 is 0 Å². The monoisotopic (exact) mass is 229 g/mol. The molecule has 0 amide bonds. The lowest BCUT2D eigenvalue weighted by atomic mass is 9.91. The average Bonchev–Trinajstić information content (AvgIpc) is 2.23. The summed E-state index contributed by atoms with van der Waals surface area (Å²) in [5, 5.41) is 4.44. The molecule has 0 aliphatic heterocycles. The highest BCUT2D eigenvalue weighted by Crippen LogP contribution is 2.31. The molecule has 0 aromatic carbocycles. The summed E-state index contributed by atoms with van der Waals surface area (Å²) in [6, 6.07) is 0. The fourth-order valence-electron chi connectivity index (χ4n) is 2.28. The quantitative estimate of drug-likeness (QED) is 0.668. The highest BCUT2D eigenvalue weighted by molar-refractivity contribution is 7.99. The Kier molecular flexibility index (Phi) is 7.54. The van der Waals surface area contributed by atoms with Gasteiger partial charge in [0.1, 0.15) is 0 Å². The van der Waals surface area contributed by atoms with Crippen molar-refractivity contribution in [2.75, 3.05) is 18.8 Å². The van der Waals surface area contributed by atoms with Gasteiger partial charge in [0.05, 0.1) is 0 Å². The summed E-state index contributed by atoms with van der Waals surface area (Å²) in [5.41, 5.74) is 0. The van der Waals surface area contributed by atoms with Crippen LogP contribution in [0.3, 0.4) is 0 Å². The van der Waals surface area contributed by atoms with Gasteiger partial charge >= 0.3 is 0 Å². The van der Waals surface area contributed by atoms with Crippen LogP contribution in [-0.4, -0.2) is 24.1 Å². The Bertz CT molecular complexity index is 149. The van der Waals surface area contributed by atoms with Crippen molar-refractivity contribution in [2.45, 2.75) is 57.6 Å². The summed E-state index contributed by atoms with van der Waals surface area (Å²) in [6.45, 7) is 7.04. The van der Waals surface area contributed by atoms with Crippen LogP contribution < -0.4 is 5.32 Å². The number of hydrogen-bond donors (Lipinski definition) is 1. The van der Waals surface area contributed by atoms with Crippen LogP contribution in [0.1, 0.15) is 52.4 Å². The number of thioether (sulfide) groups is 1. The van der Waals surface area contributed by atoms with E-state index in [1.165, 1.54) is 57.4 Å². The van der Waals surface area contributed by atoms with Gasteiger partial charge in [0.15, 0.2) is 0 Å². The van der Waals surface area contributed by atoms with Crippen LogP contribution in [0.25, 0.3) is 0 Å². The Balaban J connectivity index is 1.90. The Morgan fingerprint density at radius 2 is 2.13 bits per heavy atom. The first-order valence-electron chi connectivity index (χ1n) is 6.65. The molecule has 0 aromatic heterocycles. The van der Waals surface area contributed by atoms with Gasteiger partial charge in [-0.3, -0.25) is 0 Å². The van der Waals surface area contributed by atoms with Crippen molar-refractivity contribution in [3.05, 3.63) is 0 Å². The van der Waals surface area contributed by atoms with Crippen LogP contribution in [0.2, 0.25) is 0 Å². The average molecular weight is 229 g/mol. The van der Waals surface area contributed by atoms with Gasteiger partial charge in [-0.15, -0.1) is 0 Å². The summed E-state index contributed by atoms with van der Waals surface area (Å²) in [5.74, 6) is 2.34. The van der Waals surface area contributed by atoms with E-state index in [2.05, 4.69) is 30.9 Å². The van der Waals surface area contributed by atoms with Crippen molar-refractivity contribution in [1.82, 2.24) is 5.32 Å². The van der Waals surface area contributed by atoms with Gasteiger partial charge in [-0.05, 0) is 50.4 Å². The molecule has 15 heavy (non-hydrogen) atoms. The van der Waals surface area contributed by atoms with E-state index in [-0.39, 0.29) is 0 Å². The van der Waals surface area contributed by atoms with Crippen LogP contribution in [-0.2, 0) is 0 Å². The largest absolute Gasteiger partial charge is 0.317 e. The van der Waals surface area contributed by atoms with Crippen molar-refractivity contribution in [3.63, 3.8) is 0 Å². The summed E-state index contributed by atoms with van der Waals surface area (Å²) in [7, 11) is 0. The Morgan fingerprint density at radius 3 is 2.87 bits per heavy atom. The first kappa shape index (κ1) is 13.4. The molecule has 1 nitrogen and oxygen atoms in total. The second-order valence-electron chi connectivity index (χ2n) is 4.87. The lowest BCUT2D eigenvalue weighted by Crippen LogP contribution is -2.18. The zero-order chi connectivity index (χ0) is 10.9. The maximum absolute atomic E-state index is 3.47. The highest BCUT2D eigenvalue weighted by Gasteiger charge is 2.18. The van der Waals surface area contributed by atoms with E-state index in [9.17, 15) is 0 Å². The molecule has 1 aliphatic carbocycles. The molecule has 0 saturated heterocycles. The topological polar surface area (TPSA) is 12.0 Å². The second kappa shape index (κ2) is 8.46. The Hall–Kier alpha value is 0.310. The van der Waals surface area contributed by atoms with Gasteiger partial charge < -0.3 is 5.32 Å². The van der Waals surface area contributed by atoms with E-state index in [1.54, 1.807) is 0 Å². The Labute approximate surface area is 99.8 Å². The third-order valence-electron chi connectivity index (χ3n) is 3.17. The molecule has 0 radical (unpaired) electrons. The molecule has 0 aromatic rings. The molecule has 2 atom stereocenters. The van der Waals surface area contributed by atoms with Gasteiger partial charge in [0.25, 0.3) is 0 Å². The molecule has 0 spiro atoms. The minimum Gasteiger partial charge on any atom is -0.317 e. The predicted molar refractivity (Wildman–Crippen MR) is 71.7 cm³/mol. The first-order valence-corrected chi connectivity index (χ1v) is 7.70. The number of nitrogens with one attached hydrogen (secondary N) is 1. The molecule has 1 N–H and O–H groups in total. The smallest absolute Gasteiger partial charge is 0.00495 e. The van der Waals surface area contributed by atoms with Gasteiger partial charge in [-0.1, -0.05) is 26.7 Å². The highest BCUT2D eigenvalue weighted by atomic mass is 32.2. The van der Waals surface area contributed by atoms with Crippen molar-refractivity contribution in [1.29, 1.82) is 0 Å². The minimum atomic E-state index is 0.972. The molecule has 1 fully saturated rings. The number of rotatable bonds is 7. The zero-order valence-electron chi connectivity index (χ0n) is 10.4. The molecule has 1 aliphatic rings. The maximum Gasteiger partial charge on any atom is 0.00495 e. The zero-order valence-corrected chi connectivity index (χ0v) is 11.2. The van der Waals surface area contributed by atoms with Gasteiger partial charge in [-0.2, -0.15) is 11.8 Å². The minimum absolute atomic E-state index is 0.972. The summed E-state index contributed by atoms with van der Waals surface area (Å²) in [4.78, 5) is 0. The summed E-state index contributed by atoms with van der Waals surface area (Å²) in [6.07, 6.45) is 8.47. The third kappa shape index (κ3) is 6.47. The van der Waals surface area contributed by atoms with Crippen molar-refractivity contribution in [2.24, 2.45) is 5.92 Å². The lowest BCUT2D eigenvalue weighted by Gasteiger charge is -2.26. The molecule has 0 heterocycles. The van der Waals surface area contributed by atoms with E-state index in [4.69, 9.17) is 0 Å². The van der Waals surface area contributed by atoms with Crippen molar-refractivity contribution < 1.29 is 0 Å². The van der Waals surface area contributed by atoms with Gasteiger partial charge in [-0.25, -0.2) is 0 Å². The molecular weight excluding hydrogens is 202 g/mol. The molecule has 1 saturated carbocycles. The standard InChI is InChI=1S/C13H27NS/c1-3-8-14-9-5-10-15-13-7-4-6-12(2)11-13/h12-14H,3-11H2,1-2H3. The fourth-order valence-corrected chi connectivity index (χ4v) is 3.72. The molecule has 2 unspecified atom stereocenters. The van der Waals surface area contributed by atoms with E-state index < -0.39 is 0 Å². The van der Waals surface area contributed by atoms with E-state index in [1.807, 2.05) is 0 Å². The SMILES string of the molecule is CCCNCCCSC1CCCC(C)C1.